The lowest BCUT2D eigenvalue weighted by Gasteiger charge is -2.24. The molecule has 0 saturated carbocycles. The Bertz CT molecular complexity index is 1440. The number of thiophene rings is 1. The molecule has 200 valence electrons. The molecule has 0 aliphatic heterocycles. The number of carboxylic acid groups (broad SMARTS) is 1. The third-order valence-corrected chi connectivity index (χ3v) is 7.36. The van der Waals surface area contributed by atoms with Gasteiger partial charge in [0, 0.05) is 29.1 Å². The number of nitrogens with one attached hydrogen (secondary N) is 1. The lowest BCUT2D eigenvalue weighted by atomic mass is 9.94. The van der Waals surface area contributed by atoms with Crippen molar-refractivity contribution in [1.82, 2.24) is 10.2 Å². The van der Waals surface area contributed by atoms with Crippen molar-refractivity contribution < 1.29 is 23.9 Å². The second kappa shape index (κ2) is 13.0. The molecule has 1 atom stereocenters. The number of hydrogen-bond donors (Lipinski definition) is 2. The molecule has 4 rings (SSSR count). The van der Waals surface area contributed by atoms with Gasteiger partial charge in [-0.3, -0.25) is 14.4 Å². The molecule has 0 aliphatic carbocycles. The minimum Gasteiger partial charge on any atom is -0.481 e. The molecule has 4 aromatic rings. The van der Waals surface area contributed by atoms with Gasteiger partial charge in [0.25, 0.3) is 11.8 Å². The quantitative estimate of drug-likeness (QED) is 0.235. The molecule has 2 N–H and O–H groups in total. The zero-order valence-electron chi connectivity index (χ0n) is 21.5. The van der Waals surface area contributed by atoms with Crippen LogP contribution in [0.4, 0.5) is 4.39 Å². The highest BCUT2D eigenvalue weighted by atomic mass is 32.1. The molecule has 1 heterocycles. The number of nitrogens with zero attached hydrogens (tertiary/aromatic N) is 1. The lowest BCUT2D eigenvalue weighted by molar-refractivity contribution is -0.137. The molecule has 8 heteroatoms. The number of carboxylic acids is 1. The third-order valence-electron chi connectivity index (χ3n) is 6.43. The maximum Gasteiger partial charge on any atom is 0.305 e. The van der Waals surface area contributed by atoms with E-state index in [0.717, 1.165) is 10.4 Å². The molecule has 0 fully saturated rings. The fraction of sp³-hybridized carbons (Fsp3) is 0.194. The summed E-state index contributed by atoms with van der Waals surface area (Å²) in [4.78, 5) is 41.1. The molecule has 0 radical (unpaired) electrons. The van der Waals surface area contributed by atoms with E-state index >= 15 is 0 Å². The normalized spacial score (nSPS) is 11.5. The third kappa shape index (κ3) is 7.18. The second-order valence-corrected chi connectivity index (χ2v) is 10.1. The van der Waals surface area contributed by atoms with Crippen molar-refractivity contribution >= 4 is 29.1 Å². The molecular formula is C31H29FN2O4S. The average molecular weight is 545 g/mol. The number of benzene rings is 3. The number of amides is 2. The predicted octanol–water partition coefficient (Wildman–Crippen LogP) is 6.20. The Morgan fingerprint density at radius 2 is 1.51 bits per heavy atom. The van der Waals surface area contributed by atoms with Crippen LogP contribution < -0.4 is 5.32 Å². The van der Waals surface area contributed by atoms with Crippen LogP contribution >= 0.6 is 11.3 Å². The number of rotatable bonds is 11. The van der Waals surface area contributed by atoms with Crippen molar-refractivity contribution in [3.8, 4) is 11.1 Å². The van der Waals surface area contributed by atoms with E-state index in [1.54, 1.807) is 76.9 Å². The van der Waals surface area contributed by atoms with E-state index in [2.05, 4.69) is 5.32 Å². The fourth-order valence-electron chi connectivity index (χ4n) is 4.35. The predicted molar refractivity (Wildman–Crippen MR) is 150 cm³/mol. The fourth-order valence-corrected chi connectivity index (χ4v) is 5.04. The van der Waals surface area contributed by atoms with Crippen LogP contribution in [0, 0.1) is 5.82 Å². The van der Waals surface area contributed by atoms with E-state index in [1.807, 2.05) is 24.4 Å². The van der Waals surface area contributed by atoms with Crippen LogP contribution in [-0.2, 0) is 11.2 Å². The van der Waals surface area contributed by atoms with Crippen LogP contribution in [0.15, 0.2) is 90.3 Å². The largest absolute Gasteiger partial charge is 0.481 e. The summed E-state index contributed by atoms with van der Waals surface area (Å²) in [6.07, 6.45) is 0.448. The van der Waals surface area contributed by atoms with Gasteiger partial charge in [0.05, 0.1) is 12.5 Å². The van der Waals surface area contributed by atoms with Crippen LogP contribution in [0.3, 0.4) is 0 Å². The molecule has 0 saturated heterocycles. The average Bonchev–Trinajstić information content (AvgIpc) is 3.46. The van der Waals surface area contributed by atoms with E-state index in [-0.39, 0.29) is 36.6 Å². The number of aliphatic carboxylic acids is 1. The van der Waals surface area contributed by atoms with Crippen molar-refractivity contribution in [2.45, 2.75) is 25.8 Å². The highest BCUT2D eigenvalue weighted by Gasteiger charge is 2.23. The van der Waals surface area contributed by atoms with E-state index in [1.165, 1.54) is 12.1 Å². The summed E-state index contributed by atoms with van der Waals surface area (Å²) >= 11 is 1.59. The Hall–Kier alpha value is -4.30. The van der Waals surface area contributed by atoms with Crippen LogP contribution in [0.5, 0.6) is 0 Å². The summed E-state index contributed by atoms with van der Waals surface area (Å²) in [6.45, 7) is 2.27. The second-order valence-electron chi connectivity index (χ2n) is 9.10. The first-order valence-corrected chi connectivity index (χ1v) is 13.5. The molecule has 0 bridgehead atoms. The van der Waals surface area contributed by atoms with Crippen LogP contribution in [-0.4, -0.2) is 40.9 Å². The maximum atomic E-state index is 13.8. The molecule has 0 aliphatic rings. The van der Waals surface area contributed by atoms with Gasteiger partial charge in [-0.2, -0.15) is 0 Å². The Kier molecular flexibility index (Phi) is 9.22. The van der Waals surface area contributed by atoms with Gasteiger partial charge < -0.3 is 15.3 Å². The summed E-state index contributed by atoms with van der Waals surface area (Å²) in [7, 11) is 0. The molecule has 1 unspecified atom stereocenters. The Labute approximate surface area is 230 Å². The monoisotopic (exact) mass is 544 g/mol. The van der Waals surface area contributed by atoms with Gasteiger partial charge in [0.1, 0.15) is 5.82 Å². The minimum atomic E-state index is -0.977. The van der Waals surface area contributed by atoms with E-state index in [9.17, 15) is 23.9 Å². The lowest BCUT2D eigenvalue weighted by Crippen LogP contribution is -2.35. The highest BCUT2D eigenvalue weighted by molar-refractivity contribution is 7.09. The smallest absolute Gasteiger partial charge is 0.305 e. The molecular weight excluding hydrogens is 515 g/mol. The van der Waals surface area contributed by atoms with Crippen molar-refractivity contribution in [2.75, 3.05) is 13.1 Å². The SMILES string of the molecule is CC(NC(=O)c1ccccc1-c1ccccc1C(=O)N(CCC(=O)O)CCc1cccs1)c1ccc(F)cc1. The standard InChI is InChI=1S/C31H29FN2O4S/c1-21(22-12-14-23(32)15-13-22)33-30(37)27-10-4-2-8-25(27)26-9-3-5-11-28(26)31(38)34(19-17-29(35)36)18-16-24-7-6-20-39-24/h2-15,20-21H,16-19H2,1H3,(H,33,37)(H,35,36). The highest BCUT2D eigenvalue weighted by Crippen LogP contribution is 2.29. The molecule has 2 amide bonds. The first kappa shape index (κ1) is 27.7. The number of carbonyl (C=O) groups excluding carboxylic acids is 2. The Balaban J connectivity index is 1.62. The van der Waals surface area contributed by atoms with Crippen LogP contribution in [0.1, 0.15) is 50.5 Å². The van der Waals surface area contributed by atoms with Gasteiger partial charge >= 0.3 is 5.97 Å². The zero-order valence-corrected chi connectivity index (χ0v) is 22.3. The van der Waals surface area contributed by atoms with E-state index < -0.39 is 5.97 Å². The topological polar surface area (TPSA) is 86.7 Å². The Morgan fingerprint density at radius 1 is 0.872 bits per heavy atom. The van der Waals surface area contributed by atoms with Crippen molar-refractivity contribution in [1.29, 1.82) is 0 Å². The van der Waals surface area contributed by atoms with Crippen LogP contribution in [0.2, 0.25) is 0 Å². The first-order valence-electron chi connectivity index (χ1n) is 12.6. The number of hydrogen-bond acceptors (Lipinski definition) is 4. The van der Waals surface area contributed by atoms with Gasteiger partial charge in [0.15, 0.2) is 0 Å². The van der Waals surface area contributed by atoms with E-state index in [0.29, 0.717) is 35.2 Å². The summed E-state index contributed by atoms with van der Waals surface area (Å²) in [6, 6.07) is 23.6. The summed E-state index contributed by atoms with van der Waals surface area (Å²) < 4.78 is 13.3. The van der Waals surface area contributed by atoms with Gasteiger partial charge in [-0.25, -0.2) is 4.39 Å². The maximum absolute atomic E-state index is 13.8. The van der Waals surface area contributed by atoms with E-state index in [4.69, 9.17) is 0 Å². The summed E-state index contributed by atoms with van der Waals surface area (Å²) in [5.74, 6) is -1.95. The number of carbonyl (C=O) groups is 3. The van der Waals surface area contributed by atoms with Crippen LogP contribution in [0.25, 0.3) is 11.1 Å². The molecule has 39 heavy (non-hydrogen) atoms. The first-order chi connectivity index (χ1) is 18.8. The number of halogens is 1. The van der Waals surface area contributed by atoms with Gasteiger partial charge in [-0.15, -0.1) is 11.3 Å². The van der Waals surface area contributed by atoms with Gasteiger partial charge in [-0.1, -0.05) is 54.6 Å². The molecule has 0 spiro atoms. The molecule has 6 nitrogen and oxygen atoms in total. The van der Waals surface area contributed by atoms with Gasteiger partial charge in [0.2, 0.25) is 0 Å². The molecule has 3 aromatic carbocycles. The summed E-state index contributed by atoms with van der Waals surface area (Å²) in [5, 5.41) is 14.2. The van der Waals surface area contributed by atoms with Crippen molar-refractivity contribution in [3.63, 3.8) is 0 Å². The van der Waals surface area contributed by atoms with Crippen molar-refractivity contribution in [2.24, 2.45) is 0 Å². The van der Waals surface area contributed by atoms with Gasteiger partial charge in [-0.05, 0) is 65.7 Å². The minimum absolute atomic E-state index is 0.0746. The zero-order chi connectivity index (χ0) is 27.8. The Morgan fingerprint density at radius 3 is 2.15 bits per heavy atom. The summed E-state index contributed by atoms with van der Waals surface area (Å²) in [5.41, 5.74) is 2.71. The molecule has 1 aromatic heterocycles. The van der Waals surface area contributed by atoms with Crippen molar-refractivity contribution in [3.05, 3.63) is 118 Å².